The fourth-order valence-corrected chi connectivity index (χ4v) is 2.40. The van der Waals surface area contributed by atoms with Crippen LogP contribution in [0.15, 0.2) is 57.5 Å². The molecule has 0 unspecified atom stereocenters. The maximum atomic E-state index is 13.6. The topological polar surface area (TPSA) is 55.1 Å². The van der Waals surface area contributed by atoms with Crippen LogP contribution >= 0.6 is 15.9 Å². The Balaban J connectivity index is 1.83. The van der Waals surface area contributed by atoms with E-state index in [2.05, 4.69) is 26.4 Å². The second-order valence-electron chi connectivity index (χ2n) is 4.64. The fourth-order valence-electron chi connectivity index (χ4n) is 2.01. The Morgan fingerprint density at radius 1 is 1.09 bits per heavy atom. The summed E-state index contributed by atoms with van der Waals surface area (Å²) in [5.41, 5.74) is 0.0731. The molecule has 1 heterocycles. The minimum absolute atomic E-state index is 0.0626. The Kier molecular flexibility index (Phi) is 4.20. The molecule has 0 radical (unpaired) electrons. The molecule has 0 saturated heterocycles. The monoisotopic (exact) mass is 378 g/mol. The summed E-state index contributed by atoms with van der Waals surface area (Å²) in [5, 5.41) is 5.99. The first-order chi connectivity index (χ1) is 11.0. The lowest BCUT2D eigenvalue weighted by molar-refractivity contribution is 0.101. The van der Waals surface area contributed by atoms with Gasteiger partial charge < -0.3 is 9.84 Å². The van der Waals surface area contributed by atoms with Gasteiger partial charge >= 0.3 is 0 Å². The number of anilines is 1. The van der Waals surface area contributed by atoms with E-state index >= 15 is 0 Å². The van der Waals surface area contributed by atoms with Gasteiger partial charge in [0, 0.05) is 16.1 Å². The van der Waals surface area contributed by atoms with Crippen molar-refractivity contribution in [3.05, 3.63) is 70.2 Å². The van der Waals surface area contributed by atoms with Gasteiger partial charge in [-0.2, -0.15) is 0 Å². The Bertz CT molecular complexity index is 860. The van der Waals surface area contributed by atoms with E-state index in [0.29, 0.717) is 5.76 Å². The molecule has 1 N–H and O–H groups in total. The lowest BCUT2D eigenvalue weighted by atomic mass is 10.1. The molecule has 0 aliphatic carbocycles. The number of aromatic nitrogens is 1. The zero-order chi connectivity index (χ0) is 16.4. The summed E-state index contributed by atoms with van der Waals surface area (Å²) < 4.78 is 33.1. The number of nitrogens with zero attached hydrogens (tertiary/aromatic N) is 1. The number of amides is 1. The number of nitrogens with one attached hydrogen (secondary N) is 1. The van der Waals surface area contributed by atoms with Crippen LogP contribution in [0.3, 0.4) is 0 Å². The van der Waals surface area contributed by atoms with Crippen LogP contribution in [0.25, 0.3) is 11.3 Å². The van der Waals surface area contributed by atoms with Crippen molar-refractivity contribution in [2.24, 2.45) is 0 Å². The van der Waals surface area contributed by atoms with Crippen molar-refractivity contribution in [3.8, 4) is 11.3 Å². The molecule has 4 nitrogen and oxygen atoms in total. The molecule has 7 heteroatoms. The molecule has 1 amide bonds. The number of carbonyl (C=O) groups is 1. The van der Waals surface area contributed by atoms with Crippen molar-refractivity contribution in [2.75, 3.05) is 5.32 Å². The highest BCUT2D eigenvalue weighted by Gasteiger charge is 2.18. The van der Waals surface area contributed by atoms with Crippen molar-refractivity contribution in [2.45, 2.75) is 0 Å². The molecule has 3 aromatic rings. The average molecular weight is 379 g/mol. The van der Waals surface area contributed by atoms with Crippen molar-refractivity contribution in [3.63, 3.8) is 0 Å². The highest BCUT2D eigenvalue weighted by Crippen LogP contribution is 2.25. The van der Waals surface area contributed by atoms with E-state index in [4.69, 9.17) is 4.52 Å². The third-order valence-corrected chi connectivity index (χ3v) is 3.54. The summed E-state index contributed by atoms with van der Waals surface area (Å²) in [6.07, 6.45) is 0. The zero-order valence-corrected chi connectivity index (χ0v) is 13.1. The first-order valence-corrected chi connectivity index (χ1v) is 7.32. The molecule has 23 heavy (non-hydrogen) atoms. The Labute approximate surface area is 138 Å². The highest BCUT2D eigenvalue weighted by atomic mass is 79.9. The quantitative estimate of drug-likeness (QED) is 0.722. The lowest BCUT2D eigenvalue weighted by Gasteiger charge is -2.03. The minimum Gasteiger partial charge on any atom is -0.354 e. The number of benzene rings is 2. The molecular weight excluding hydrogens is 370 g/mol. The van der Waals surface area contributed by atoms with Crippen molar-refractivity contribution >= 4 is 27.7 Å². The Morgan fingerprint density at radius 2 is 1.78 bits per heavy atom. The van der Waals surface area contributed by atoms with Gasteiger partial charge in [-0.1, -0.05) is 39.3 Å². The van der Waals surface area contributed by atoms with Gasteiger partial charge in [0.1, 0.15) is 17.2 Å². The molecule has 0 aliphatic heterocycles. The maximum Gasteiger partial charge on any atom is 0.262 e. The predicted molar refractivity (Wildman–Crippen MR) is 84.0 cm³/mol. The van der Waals surface area contributed by atoms with E-state index in [1.54, 1.807) is 6.07 Å². The van der Waals surface area contributed by atoms with Crippen LogP contribution in [0.2, 0.25) is 0 Å². The minimum atomic E-state index is -0.946. The summed E-state index contributed by atoms with van der Waals surface area (Å²) in [7, 11) is 0. The summed E-state index contributed by atoms with van der Waals surface area (Å²) >= 11 is 3.34. The molecule has 0 fully saturated rings. The summed E-state index contributed by atoms with van der Waals surface area (Å²) in [5.74, 6) is -2.35. The van der Waals surface area contributed by atoms with Crippen LogP contribution in [0, 0.1) is 11.6 Å². The van der Waals surface area contributed by atoms with Crippen molar-refractivity contribution in [1.29, 1.82) is 0 Å². The third-order valence-electron chi connectivity index (χ3n) is 3.05. The Morgan fingerprint density at radius 3 is 2.48 bits per heavy atom. The molecular formula is C16H9BrF2N2O2. The average Bonchev–Trinajstić information content (AvgIpc) is 2.95. The second kappa shape index (κ2) is 6.29. The summed E-state index contributed by atoms with van der Waals surface area (Å²) in [4.78, 5) is 12.0. The molecule has 0 saturated carbocycles. The van der Waals surface area contributed by atoms with Gasteiger partial charge in [0.05, 0.1) is 0 Å². The summed E-state index contributed by atoms with van der Waals surface area (Å²) in [6, 6.07) is 11.9. The van der Waals surface area contributed by atoms with Gasteiger partial charge in [-0.15, -0.1) is 0 Å². The maximum absolute atomic E-state index is 13.6. The molecule has 116 valence electrons. The van der Waals surface area contributed by atoms with E-state index in [0.717, 1.165) is 22.2 Å². The lowest BCUT2D eigenvalue weighted by Crippen LogP contribution is -2.15. The van der Waals surface area contributed by atoms with E-state index in [9.17, 15) is 13.6 Å². The van der Waals surface area contributed by atoms with Crippen LogP contribution in [-0.4, -0.2) is 11.1 Å². The number of hydrogen-bond acceptors (Lipinski definition) is 3. The predicted octanol–water partition coefficient (Wildman–Crippen LogP) is 4.63. The van der Waals surface area contributed by atoms with Crippen LogP contribution < -0.4 is 5.32 Å². The van der Waals surface area contributed by atoms with Crippen LogP contribution in [0.4, 0.5) is 14.6 Å². The van der Waals surface area contributed by atoms with Gasteiger partial charge in [-0.25, -0.2) is 8.78 Å². The van der Waals surface area contributed by atoms with E-state index < -0.39 is 23.1 Å². The largest absolute Gasteiger partial charge is 0.354 e. The zero-order valence-electron chi connectivity index (χ0n) is 11.5. The van der Waals surface area contributed by atoms with Gasteiger partial charge in [-0.05, 0) is 24.3 Å². The number of carbonyl (C=O) groups excluding carboxylic acids is 1. The van der Waals surface area contributed by atoms with Crippen molar-refractivity contribution in [1.82, 2.24) is 5.16 Å². The molecule has 0 spiro atoms. The normalized spacial score (nSPS) is 10.6. The molecule has 1 aromatic heterocycles. The van der Waals surface area contributed by atoms with E-state index in [-0.39, 0.29) is 5.82 Å². The van der Waals surface area contributed by atoms with Gasteiger partial charge in [0.2, 0.25) is 0 Å². The fraction of sp³-hybridized carbons (Fsp3) is 0. The number of hydrogen-bond donors (Lipinski definition) is 1. The number of rotatable bonds is 3. The third kappa shape index (κ3) is 3.29. The molecule has 0 atom stereocenters. The Hall–Kier alpha value is -2.54. The molecule has 0 bridgehead atoms. The molecule has 2 aromatic carbocycles. The smallest absolute Gasteiger partial charge is 0.262 e. The van der Waals surface area contributed by atoms with Gasteiger partial charge in [0.25, 0.3) is 5.91 Å². The second-order valence-corrected chi connectivity index (χ2v) is 5.55. The van der Waals surface area contributed by atoms with Crippen LogP contribution in [0.1, 0.15) is 10.4 Å². The van der Waals surface area contributed by atoms with Gasteiger partial charge in [0.15, 0.2) is 11.6 Å². The van der Waals surface area contributed by atoms with Crippen LogP contribution in [0.5, 0.6) is 0 Å². The highest BCUT2D eigenvalue weighted by molar-refractivity contribution is 9.10. The first kappa shape index (κ1) is 15.4. The standard InChI is InChI=1S/C16H9BrF2N2O2/c17-10-4-1-3-9(7-10)13-8-14(21-23-13)20-16(22)15-11(18)5-2-6-12(15)19/h1-8H,(H,20,21,22). The van der Waals surface area contributed by atoms with Crippen LogP contribution in [-0.2, 0) is 0 Å². The number of halogens is 3. The molecule has 3 rings (SSSR count). The van der Waals surface area contributed by atoms with Crippen molar-refractivity contribution < 1.29 is 18.1 Å². The first-order valence-electron chi connectivity index (χ1n) is 6.52. The van der Waals surface area contributed by atoms with E-state index in [1.807, 2.05) is 18.2 Å². The molecule has 0 aliphatic rings. The van der Waals surface area contributed by atoms with Gasteiger partial charge in [-0.3, -0.25) is 4.79 Å². The summed E-state index contributed by atoms with van der Waals surface area (Å²) in [6.45, 7) is 0. The van der Waals surface area contributed by atoms with E-state index in [1.165, 1.54) is 12.1 Å². The SMILES string of the molecule is O=C(Nc1cc(-c2cccc(Br)c2)on1)c1c(F)cccc1F.